The van der Waals surface area contributed by atoms with E-state index in [1.807, 2.05) is 18.2 Å². The van der Waals surface area contributed by atoms with Gasteiger partial charge in [-0.1, -0.05) is 23.4 Å². The number of nitrogens with zero attached hydrogens (tertiary/aromatic N) is 4. The first kappa shape index (κ1) is 18.6. The van der Waals surface area contributed by atoms with Crippen molar-refractivity contribution in [2.24, 2.45) is 0 Å². The molecule has 1 aromatic carbocycles. The number of esters is 1. The Balaban J connectivity index is 1.65. The zero-order valence-corrected chi connectivity index (χ0v) is 15.5. The Morgan fingerprint density at radius 2 is 2.04 bits per heavy atom. The van der Waals surface area contributed by atoms with E-state index < -0.39 is 5.97 Å². The van der Waals surface area contributed by atoms with Crippen LogP contribution >= 0.6 is 0 Å². The molecule has 1 N–H and O–H groups in total. The molecule has 0 aliphatic carbocycles. The van der Waals surface area contributed by atoms with Gasteiger partial charge in [-0.15, -0.1) is 0 Å². The number of benzene rings is 1. The van der Waals surface area contributed by atoms with Crippen molar-refractivity contribution in [1.82, 2.24) is 15.1 Å². The monoisotopic (exact) mass is 369 g/mol. The highest BCUT2D eigenvalue weighted by Crippen LogP contribution is 2.24. The molecule has 0 aliphatic heterocycles. The van der Waals surface area contributed by atoms with E-state index in [4.69, 9.17) is 9.26 Å². The molecule has 2 aromatic heterocycles. The van der Waals surface area contributed by atoms with Gasteiger partial charge in [-0.2, -0.15) is 4.98 Å². The Hall–Kier alpha value is -3.16. The number of rotatable bonds is 9. The highest BCUT2D eigenvalue weighted by atomic mass is 16.5. The maximum atomic E-state index is 12.1. The van der Waals surface area contributed by atoms with Gasteiger partial charge in [0.15, 0.2) is 0 Å². The minimum absolute atomic E-state index is 0.0921. The van der Waals surface area contributed by atoms with Crippen LogP contribution in [0.2, 0.25) is 0 Å². The van der Waals surface area contributed by atoms with Crippen molar-refractivity contribution in [3.05, 3.63) is 42.4 Å². The fourth-order valence-corrected chi connectivity index (χ4v) is 2.84. The third-order valence-corrected chi connectivity index (χ3v) is 4.14. The maximum Gasteiger partial charge on any atom is 0.361 e. The van der Waals surface area contributed by atoms with Crippen molar-refractivity contribution in [2.75, 3.05) is 36.5 Å². The van der Waals surface area contributed by atoms with E-state index in [1.54, 1.807) is 6.92 Å². The number of para-hydroxylation sites is 1. The van der Waals surface area contributed by atoms with Crippen LogP contribution in [0.15, 0.2) is 41.2 Å². The number of fused-ring (bicyclic) bond motifs is 1. The smallest absolute Gasteiger partial charge is 0.361 e. The summed E-state index contributed by atoms with van der Waals surface area (Å²) in [6.07, 6.45) is 2.28. The van der Waals surface area contributed by atoms with Crippen LogP contribution in [0.25, 0.3) is 11.1 Å². The molecule has 0 atom stereocenters. The average molecular weight is 369 g/mol. The van der Waals surface area contributed by atoms with E-state index in [0.29, 0.717) is 17.7 Å². The van der Waals surface area contributed by atoms with Crippen LogP contribution in [0.4, 0.5) is 11.5 Å². The second-order valence-corrected chi connectivity index (χ2v) is 5.85. The molecule has 0 fully saturated rings. The summed E-state index contributed by atoms with van der Waals surface area (Å²) in [5.41, 5.74) is 1.55. The van der Waals surface area contributed by atoms with Gasteiger partial charge < -0.3 is 19.5 Å². The second kappa shape index (κ2) is 8.98. The molecule has 0 spiro atoms. The largest absolute Gasteiger partial charge is 0.461 e. The lowest BCUT2D eigenvalue weighted by atomic mass is 10.2. The van der Waals surface area contributed by atoms with Crippen molar-refractivity contribution >= 4 is 28.6 Å². The summed E-state index contributed by atoms with van der Waals surface area (Å²) in [4.78, 5) is 22.6. The third kappa shape index (κ3) is 4.33. The molecule has 3 aromatic rings. The Morgan fingerprint density at radius 1 is 1.22 bits per heavy atom. The van der Waals surface area contributed by atoms with E-state index in [1.165, 1.54) is 12.0 Å². The minimum Gasteiger partial charge on any atom is -0.461 e. The predicted octanol–water partition coefficient (Wildman–Crippen LogP) is 3.12. The van der Waals surface area contributed by atoms with Crippen molar-refractivity contribution in [1.29, 1.82) is 0 Å². The molecule has 0 radical (unpaired) electrons. The number of aromatic nitrogens is 3. The molecule has 2 heterocycles. The molecule has 8 nitrogen and oxygen atoms in total. The third-order valence-electron chi connectivity index (χ3n) is 4.14. The van der Waals surface area contributed by atoms with Crippen LogP contribution in [0, 0.1) is 0 Å². The average Bonchev–Trinajstić information content (AvgIpc) is 3.14. The summed E-state index contributed by atoms with van der Waals surface area (Å²) >= 11 is 0. The molecule has 0 saturated heterocycles. The van der Waals surface area contributed by atoms with E-state index in [-0.39, 0.29) is 18.0 Å². The first-order valence-corrected chi connectivity index (χ1v) is 9.06. The zero-order valence-electron chi connectivity index (χ0n) is 15.5. The van der Waals surface area contributed by atoms with Crippen molar-refractivity contribution in [3.63, 3.8) is 0 Å². The summed E-state index contributed by atoms with van der Waals surface area (Å²) in [5.74, 6) is -0.0256. The summed E-state index contributed by atoms with van der Waals surface area (Å²) in [7, 11) is 0. The van der Waals surface area contributed by atoms with E-state index in [2.05, 4.69) is 44.4 Å². The van der Waals surface area contributed by atoms with E-state index in [0.717, 1.165) is 19.5 Å². The number of nitrogens with one attached hydrogen (secondary N) is 1. The molecule has 27 heavy (non-hydrogen) atoms. The molecule has 0 aliphatic rings. The van der Waals surface area contributed by atoms with Crippen LogP contribution in [-0.2, 0) is 4.74 Å². The van der Waals surface area contributed by atoms with Crippen LogP contribution < -0.4 is 10.2 Å². The van der Waals surface area contributed by atoms with Gasteiger partial charge in [0.1, 0.15) is 17.5 Å². The minimum atomic E-state index is -0.546. The summed E-state index contributed by atoms with van der Waals surface area (Å²) < 4.78 is 10.1. The Bertz CT molecular complexity index is 881. The fourth-order valence-electron chi connectivity index (χ4n) is 2.84. The normalized spacial score (nSPS) is 10.7. The lowest BCUT2D eigenvalue weighted by Crippen LogP contribution is -2.25. The molecule has 0 unspecified atom stereocenters. The van der Waals surface area contributed by atoms with Gasteiger partial charge in [0.2, 0.25) is 5.69 Å². The molecular formula is C19H23N5O3. The van der Waals surface area contributed by atoms with Gasteiger partial charge in [-0.05, 0) is 32.4 Å². The van der Waals surface area contributed by atoms with Gasteiger partial charge in [-0.3, -0.25) is 0 Å². The van der Waals surface area contributed by atoms with Gasteiger partial charge in [0.25, 0.3) is 5.71 Å². The number of anilines is 2. The number of hydrogen-bond acceptors (Lipinski definition) is 8. The maximum absolute atomic E-state index is 12.1. The highest BCUT2D eigenvalue weighted by Gasteiger charge is 2.22. The lowest BCUT2D eigenvalue weighted by Gasteiger charge is -2.23. The van der Waals surface area contributed by atoms with Crippen LogP contribution in [0.3, 0.4) is 0 Å². The summed E-state index contributed by atoms with van der Waals surface area (Å²) in [5, 5.41) is 7.49. The number of carbonyl (C=O) groups excluding carboxylic acids is 1. The number of hydrogen-bond donors (Lipinski definition) is 1. The highest BCUT2D eigenvalue weighted by molar-refractivity contribution is 6.04. The fraction of sp³-hybridized carbons (Fsp3) is 0.368. The Kier molecular flexibility index (Phi) is 6.19. The molecule has 0 bridgehead atoms. The van der Waals surface area contributed by atoms with Crippen molar-refractivity contribution in [3.8, 4) is 0 Å². The quantitative estimate of drug-likeness (QED) is 0.454. The van der Waals surface area contributed by atoms with Crippen LogP contribution in [-0.4, -0.2) is 47.3 Å². The van der Waals surface area contributed by atoms with Gasteiger partial charge in [0.05, 0.1) is 6.61 Å². The van der Waals surface area contributed by atoms with E-state index >= 15 is 0 Å². The van der Waals surface area contributed by atoms with Gasteiger partial charge in [-0.25, -0.2) is 9.78 Å². The van der Waals surface area contributed by atoms with E-state index in [9.17, 15) is 4.79 Å². The molecule has 0 amide bonds. The topological polar surface area (TPSA) is 93.4 Å². The standard InChI is InChI=1S/C19H23N5O3/c1-3-24(14-9-6-5-7-10-14)12-8-11-20-17-15-16(19(25)26-4-2)23-27-18(15)22-13-21-17/h5-7,9-10,13H,3-4,8,11-12H2,1-2H3,(H,20,21,22). The molecule has 142 valence electrons. The lowest BCUT2D eigenvalue weighted by molar-refractivity contribution is 0.0517. The Labute approximate surface area is 157 Å². The molecular weight excluding hydrogens is 346 g/mol. The first-order valence-electron chi connectivity index (χ1n) is 9.06. The molecule has 3 rings (SSSR count). The SMILES string of the molecule is CCOC(=O)c1noc2ncnc(NCCCN(CC)c3ccccc3)c12. The molecule has 0 saturated carbocycles. The van der Waals surface area contributed by atoms with Crippen molar-refractivity contribution in [2.45, 2.75) is 20.3 Å². The van der Waals surface area contributed by atoms with Gasteiger partial charge in [0, 0.05) is 25.3 Å². The molecule has 8 heteroatoms. The van der Waals surface area contributed by atoms with Crippen molar-refractivity contribution < 1.29 is 14.1 Å². The summed E-state index contributed by atoms with van der Waals surface area (Å²) in [6, 6.07) is 10.3. The number of ether oxygens (including phenoxy) is 1. The zero-order chi connectivity index (χ0) is 19.1. The van der Waals surface area contributed by atoms with Crippen LogP contribution in [0.1, 0.15) is 30.8 Å². The summed E-state index contributed by atoms with van der Waals surface area (Å²) in [6.45, 7) is 6.65. The van der Waals surface area contributed by atoms with Crippen LogP contribution in [0.5, 0.6) is 0 Å². The van der Waals surface area contributed by atoms with Gasteiger partial charge >= 0.3 is 5.97 Å². The Morgan fingerprint density at radius 3 is 2.78 bits per heavy atom. The number of carbonyl (C=O) groups is 1. The predicted molar refractivity (Wildman–Crippen MR) is 103 cm³/mol. The first-order chi connectivity index (χ1) is 13.2. The second-order valence-electron chi connectivity index (χ2n) is 5.85.